The molecule has 1 atom stereocenters. The predicted molar refractivity (Wildman–Crippen MR) is 64.8 cm³/mol. The van der Waals surface area contributed by atoms with Gasteiger partial charge in [-0.1, -0.05) is 13.3 Å². The van der Waals surface area contributed by atoms with Crippen LogP contribution in [0.4, 0.5) is 0 Å². The van der Waals surface area contributed by atoms with Gasteiger partial charge in [0.05, 0.1) is 0 Å². The summed E-state index contributed by atoms with van der Waals surface area (Å²) in [6.45, 7) is 3.18. The first kappa shape index (κ1) is 15.9. The van der Waals surface area contributed by atoms with Crippen LogP contribution in [0.25, 0.3) is 0 Å². The number of hydrogen-bond donors (Lipinski definition) is 2. The second kappa shape index (κ2) is 10.1. The van der Waals surface area contributed by atoms with Crippen molar-refractivity contribution in [3.8, 4) is 0 Å². The number of methoxy groups -OCH3 is 1. The van der Waals surface area contributed by atoms with Gasteiger partial charge in [0.1, 0.15) is 0 Å². The lowest BCUT2D eigenvalue weighted by Crippen LogP contribution is -2.26. The normalized spacial score (nSPS) is 12.1. The molecular weight excluding hydrogens is 222 g/mol. The van der Waals surface area contributed by atoms with E-state index in [1.165, 1.54) is 0 Å². The summed E-state index contributed by atoms with van der Waals surface area (Å²) in [5, 5.41) is 11.2. The summed E-state index contributed by atoms with van der Waals surface area (Å²) in [7, 11) is 1.62. The van der Waals surface area contributed by atoms with Gasteiger partial charge in [0.15, 0.2) is 0 Å². The van der Waals surface area contributed by atoms with E-state index >= 15 is 0 Å². The zero-order chi connectivity index (χ0) is 13.1. The predicted octanol–water partition coefficient (Wildman–Crippen LogP) is 1.42. The van der Waals surface area contributed by atoms with Gasteiger partial charge in [0, 0.05) is 33.1 Å². The molecule has 2 N–H and O–H groups in total. The minimum atomic E-state index is -0.762. The maximum absolute atomic E-state index is 11.4. The molecule has 5 heteroatoms. The van der Waals surface area contributed by atoms with Gasteiger partial charge in [-0.05, 0) is 18.8 Å². The van der Waals surface area contributed by atoms with Gasteiger partial charge in [0.25, 0.3) is 0 Å². The molecule has 0 aliphatic heterocycles. The van der Waals surface area contributed by atoms with E-state index in [9.17, 15) is 9.59 Å². The number of amides is 1. The molecular formula is C12H23NO4. The minimum absolute atomic E-state index is 0.0350. The monoisotopic (exact) mass is 245 g/mol. The highest BCUT2D eigenvalue weighted by Crippen LogP contribution is 2.02. The Kier molecular flexibility index (Phi) is 9.43. The molecule has 0 bridgehead atoms. The number of carboxylic acids is 1. The van der Waals surface area contributed by atoms with Crippen LogP contribution in [0.2, 0.25) is 0 Å². The Balaban J connectivity index is 3.36. The van der Waals surface area contributed by atoms with Crippen LogP contribution >= 0.6 is 0 Å². The highest BCUT2D eigenvalue weighted by Gasteiger charge is 2.07. The number of carboxylic acid groups (broad SMARTS) is 1. The Morgan fingerprint density at radius 3 is 2.59 bits per heavy atom. The van der Waals surface area contributed by atoms with E-state index in [-0.39, 0.29) is 18.2 Å². The van der Waals surface area contributed by atoms with Crippen molar-refractivity contribution in [2.75, 3.05) is 20.3 Å². The smallest absolute Gasteiger partial charge is 0.303 e. The molecule has 5 nitrogen and oxygen atoms in total. The lowest BCUT2D eigenvalue weighted by atomic mass is 10.1. The van der Waals surface area contributed by atoms with Crippen molar-refractivity contribution in [3.63, 3.8) is 0 Å². The van der Waals surface area contributed by atoms with Gasteiger partial charge in [-0.3, -0.25) is 9.59 Å². The Hall–Kier alpha value is -1.10. The first-order valence-electron chi connectivity index (χ1n) is 6.03. The molecule has 0 aliphatic rings. The maximum Gasteiger partial charge on any atom is 0.303 e. The number of carbonyl (C=O) groups excluding carboxylic acids is 1. The summed E-state index contributed by atoms with van der Waals surface area (Å²) in [6.07, 6.45) is 3.02. The number of hydrogen-bond acceptors (Lipinski definition) is 3. The first-order valence-corrected chi connectivity index (χ1v) is 6.03. The third-order valence-electron chi connectivity index (χ3n) is 2.37. The zero-order valence-corrected chi connectivity index (χ0v) is 10.7. The minimum Gasteiger partial charge on any atom is -0.481 e. The van der Waals surface area contributed by atoms with Crippen molar-refractivity contribution >= 4 is 11.9 Å². The molecule has 0 aromatic rings. The van der Waals surface area contributed by atoms with E-state index in [2.05, 4.69) is 5.32 Å². The van der Waals surface area contributed by atoms with Crippen molar-refractivity contribution in [2.45, 2.75) is 39.0 Å². The quantitative estimate of drug-likeness (QED) is 0.571. The van der Waals surface area contributed by atoms with E-state index in [0.29, 0.717) is 26.0 Å². The molecule has 17 heavy (non-hydrogen) atoms. The topological polar surface area (TPSA) is 75.6 Å². The molecule has 100 valence electrons. The molecule has 0 radical (unpaired) electrons. The van der Waals surface area contributed by atoms with Crippen molar-refractivity contribution in [2.24, 2.45) is 5.92 Å². The Labute approximate surface area is 103 Å². The third kappa shape index (κ3) is 11.2. The van der Waals surface area contributed by atoms with Gasteiger partial charge in [-0.25, -0.2) is 0 Å². The van der Waals surface area contributed by atoms with Crippen LogP contribution in [0.5, 0.6) is 0 Å². The molecule has 0 aliphatic carbocycles. The summed E-state index contributed by atoms with van der Waals surface area (Å²) >= 11 is 0. The molecule has 0 saturated carbocycles. The van der Waals surface area contributed by atoms with E-state index in [1.807, 2.05) is 6.92 Å². The van der Waals surface area contributed by atoms with Crippen molar-refractivity contribution in [3.05, 3.63) is 0 Å². The lowest BCUT2D eigenvalue weighted by Gasteiger charge is -2.10. The van der Waals surface area contributed by atoms with Gasteiger partial charge < -0.3 is 15.2 Å². The second-order valence-corrected chi connectivity index (χ2v) is 4.32. The lowest BCUT2D eigenvalue weighted by molar-refractivity contribution is -0.137. The number of aliphatic carboxylic acids is 1. The van der Waals surface area contributed by atoms with Gasteiger partial charge in [-0.15, -0.1) is 0 Å². The number of carbonyl (C=O) groups is 2. The molecule has 0 rings (SSSR count). The molecule has 0 heterocycles. The molecule has 1 amide bonds. The standard InChI is InChI=1S/C12H23NO4/c1-10(9-17-2)8-11(14)13-7-5-3-4-6-12(15)16/h10H,3-9H2,1-2H3,(H,13,14)(H,15,16). The first-order chi connectivity index (χ1) is 8.06. The number of rotatable bonds is 10. The summed E-state index contributed by atoms with van der Waals surface area (Å²) in [5.74, 6) is -0.498. The highest BCUT2D eigenvalue weighted by atomic mass is 16.5. The van der Waals surface area contributed by atoms with Crippen LogP contribution in [0, 0.1) is 5.92 Å². The number of unbranched alkanes of at least 4 members (excludes halogenated alkanes) is 2. The third-order valence-corrected chi connectivity index (χ3v) is 2.37. The summed E-state index contributed by atoms with van der Waals surface area (Å²) in [5.41, 5.74) is 0. The van der Waals surface area contributed by atoms with Crippen molar-refractivity contribution in [1.29, 1.82) is 0 Å². The fraction of sp³-hybridized carbons (Fsp3) is 0.833. The van der Waals surface area contributed by atoms with Crippen LogP contribution in [0.15, 0.2) is 0 Å². The van der Waals surface area contributed by atoms with Crippen LogP contribution in [0.1, 0.15) is 39.0 Å². The molecule has 1 unspecified atom stereocenters. The fourth-order valence-electron chi connectivity index (χ4n) is 1.54. The average Bonchev–Trinajstić information content (AvgIpc) is 2.23. The van der Waals surface area contributed by atoms with Crippen molar-refractivity contribution in [1.82, 2.24) is 5.32 Å². The summed E-state index contributed by atoms with van der Waals surface area (Å²) < 4.78 is 4.95. The molecule has 0 aromatic heterocycles. The Morgan fingerprint density at radius 1 is 1.29 bits per heavy atom. The molecule has 0 saturated heterocycles. The highest BCUT2D eigenvalue weighted by molar-refractivity contribution is 5.76. The fourth-order valence-corrected chi connectivity index (χ4v) is 1.54. The van der Waals surface area contributed by atoms with Crippen LogP contribution in [-0.2, 0) is 14.3 Å². The number of nitrogens with one attached hydrogen (secondary N) is 1. The Morgan fingerprint density at radius 2 is 2.00 bits per heavy atom. The van der Waals surface area contributed by atoms with Crippen LogP contribution in [-0.4, -0.2) is 37.2 Å². The SMILES string of the molecule is COCC(C)CC(=O)NCCCCCC(=O)O. The van der Waals surface area contributed by atoms with Crippen LogP contribution < -0.4 is 5.32 Å². The largest absolute Gasteiger partial charge is 0.481 e. The summed E-state index contributed by atoms with van der Waals surface area (Å²) in [4.78, 5) is 21.6. The molecule has 0 aromatic carbocycles. The van der Waals surface area contributed by atoms with E-state index in [0.717, 1.165) is 12.8 Å². The molecule has 0 spiro atoms. The summed E-state index contributed by atoms with van der Waals surface area (Å²) in [6, 6.07) is 0. The Bertz CT molecular complexity index is 231. The van der Waals surface area contributed by atoms with Crippen LogP contribution in [0.3, 0.4) is 0 Å². The van der Waals surface area contributed by atoms with Crippen molar-refractivity contribution < 1.29 is 19.4 Å². The van der Waals surface area contributed by atoms with E-state index in [1.54, 1.807) is 7.11 Å². The van der Waals surface area contributed by atoms with E-state index < -0.39 is 5.97 Å². The van der Waals surface area contributed by atoms with Gasteiger partial charge in [-0.2, -0.15) is 0 Å². The second-order valence-electron chi connectivity index (χ2n) is 4.32. The zero-order valence-electron chi connectivity index (χ0n) is 10.7. The van der Waals surface area contributed by atoms with Gasteiger partial charge >= 0.3 is 5.97 Å². The average molecular weight is 245 g/mol. The number of ether oxygens (including phenoxy) is 1. The van der Waals surface area contributed by atoms with E-state index in [4.69, 9.17) is 9.84 Å². The molecule has 0 fully saturated rings. The maximum atomic E-state index is 11.4. The van der Waals surface area contributed by atoms with Gasteiger partial charge in [0.2, 0.25) is 5.91 Å².